The third kappa shape index (κ3) is 4.44. The van der Waals surface area contributed by atoms with Gasteiger partial charge in [-0.1, -0.05) is 29.3 Å². The van der Waals surface area contributed by atoms with E-state index in [0.29, 0.717) is 4.34 Å². The Morgan fingerprint density at radius 1 is 1.24 bits per heavy atom. The molecule has 1 heterocycles. The lowest BCUT2D eigenvalue weighted by Gasteiger charge is -2.10. The minimum Gasteiger partial charge on any atom is -0.492 e. The molecule has 7 heteroatoms. The van der Waals surface area contributed by atoms with E-state index in [4.69, 9.17) is 16.3 Å². The van der Waals surface area contributed by atoms with Gasteiger partial charge in [0.25, 0.3) is 0 Å². The highest BCUT2D eigenvalue weighted by Crippen LogP contribution is 2.25. The van der Waals surface area contributed by atoms with Gasteiger partial charge in [-0.05, 0) is 37.6 Å². The van der Waals surface area contributed by atoms with Gasteiger partial charge in [-0.3, -0.25) is 0 Å². The first-order chi connectivity index (χ1) is 9.88. The summed E-state index contributed by atoms with van der Waals surface area (Å²) in [5, 5.41) is 0. The molecule has 1 aromatic heterocycles. The fourth-order valence-corrected chi connectivity index (χ4v) is 4.35. The van der Waals surface area contributed by atoms with Gasteiger partial charge in [0, 0.05) is 6.54 Å². The molecule has 114 valence electrons. The highest BCUT2D eigenvalue weighted by atomic mass is 35.5. The van der Waals surface area contributed by atoms with Gasteiger partial charge in [0.1, 0.15) is 16.6 Å². The maximum absolute atomic E-state index is 12.0. The van der Waals surface area contributed by atoms with Crippen LogP contribution in [-0.2, 0) is 10.0 Å². The molecule has 0 aliphatic carbocycles. The summed E-state index contributed by atoms with van der Waals surface area (Å²) in [5.41, 5.74) is 2.19. The number of rotatable bonds is 6. The number of ether oxygens (including phenoxy) is 1. The van der Waals surface area contributed by atoms with Crippen LogP contribution in [-0.4, -0.2) is 21.6 Å². The molecule has 0 saturated carbocycles. The van der Waals surface area contributed by atoms with Crippen molar-refractivity contribution >= 4 is 33.0 Å². The van der Waals surface area contributed by atoms with E-state index in [1.165, 1.54) is 6.07 Å². The smallest absolute Gasteiger partial charge is 0.250 e. The SMILES string of the molecule is Cc1ccc(OCCNS(=O)(=O)c2ccc(Cl)s2)c(C)c1. The highest BCUT2D eigenvalue weighted by Gasteiger charge is 2.15. The molecule has 0 atom stereocenters. The zero-order valence-corrected chi connectivity index (χ0v) is 14.1. The van der Waals surface area contributed by atoms with Crippen LogP contribution in [0.25, 0.3) is 0 Å². The summed E-state index contributed by atoms with van der Waals surface area (Å²) < 4.78 is 32.6. The number of nitrogens with one attached hydrogen (secondary N) is 1. The normalized spacial score (nSPS) is 11.6. The average Bonchev–Trinajstić information content (AvgIpc) is 2.84. The molecule has 21 heavy (non-hydrogen) atoms. The first kappa shape index (κ1) is 16.3. The van der Waals surface area contributed by atoms with Crippen molar-refractivity contribution in [1.29, 1.82) is 0 Å². The molecule has 0 unspecified atom stereocenters. The van der Waals surface area contributed by atoms with E-state index in [1.54, 1.807) is 6.07 Å². The van der Waals surface area contributed by atoms with Crippen LogP contribution in [0.2, 0.25) is 4.34 Å². The van der Waals surface area contributed by atoms with E-state index in [1.807, 2.05) is 32.0 Å². The van der Waals surface area contributed by atoms with Crippen LogP contribution in [0, 0.1) is 13.8 Å². The van der Waals surface area contributed by atoms with Gasteiger partial charge in [0.05, 0.1) is 4.34 Å². The maximum Gasteiger partial charge on any atom is 0.250 e. The zero-order chi connectivity index (χ0) is 15.5. The number of hydrogen-bond donors (Lipinski definition) is 1. The number of hydrogen-bond acceptors (Lipinski definition) is 4. The second-order valence-corrected chi connectivity index (χ2v) is 8.28. The summed E-state index contributed by atoms with van der Waals surface area (Å²) in [6.45, 7) is 4.44. The van der Waals surface area contributed by atoms with E-state index >= 15 is 0 Å². The van der Waals surface area contributed by atoms with Crippen molar-refractivity contribution in [2.75, 3.05) is 13.2 Å². The fourth-order valence-electron chi connectivity index (χ4n) is 1.81. The first-order valence-corrected chi connectivity index (χ1v) is 9.01. The molecule has 0 radical (unpaired) electrons. The molecule has 0 bridgehead atoms. The van der Waals surface area contributed by atoms with Crippen LogP contribution < -0.4 is 9.46 Å². The number of sulfonamides is 1. The first-order valence-electron chi connectivity index (χ1n) is 6.33. The Morgan fingerprint density at radius 3 is 2.62 bits per heavy atom. The lowest BCUT2D eigenvalue weighted by molar-refractivity contribution is 0.320. The second kappa shape index (κ2) is 6.79. The summed E-state index contributed by atoms with van der Waals surface area (Å²) in [6, 6.07) is 8.92. The maximum atomic E-state index is 12.0. The van der Waals surface area contributed by atoms with Gasteiger partial charge in [-0.15, -0.1) is 11.3 Å². The van der Waals surface area contributed by atoms with Crippen molar-refractivity contribution in [3.63, 3.8) is 0 Å². The molecule has 0 spiro atoms. The molecular weight excluding hydrogens is 330 g/mol. The summed E-state index contributed by atoms with van der Waals surface area (Å²) >= 11 is 6.77. The van der Waals surface area contributed by atoms with Crippen LogP contribution in [0.1, 0.15) is 11.1 Å². The molecule has 0 aliphatic heterocycles. The molecule has 0 fully saturated rings. The fraction of sp³-hybridized carbons (Fsp3) is 0.286. The number of thiophene rings is 1. The lowest BCUT2D eigenvalue weighted by atomic mass is 10.1. The van der Waals surface area contributed by atoms with Crippen molar-refractivity contribution in [1.82, 2.24) is 4.72 Å². The molecule has 0 aliphatic rings. The van der Waals surface area contributed by atoms with E-state index in [2.05, 4.69) is 4.72 Å². The Balaban J connectivity index is 1.87. The number of aryl methyl sites for hydroxylation is 2. The molecule has 0 amide bonds. The van der Waals surface area contributed by atoms with Crippen LogP contribution in [0.4, 0.5) is 0 Å². The van der Waals surface area contributed by atoms with Gasteiger partial charge in [-0.25, -0.2) is 13.1 Å². The quantitative estimate of drug-likeness (QED) is 0.816. The molecule has 2 aromatic rings. The predicted molar refractivity (Wildman–Crippen MR) is 85.9 cm³/mol. The van der Waals surface area contributed by atoms with E-state index in [0.717, 1.165) is 28.2 Å². The Morgan fingerprint density at radius 2 is 2.00 bits per heavy atom. The van der Waals surface area contributed by atoms with Gasteiger partial charge >= 0.3 is 0 Å². The molecule has 1 N–H and O–H groups in total. The van der Waals surface area contributed by atoms with Crippen LogP contribution in [0.15, 0.2) is 34.5 Å². The topological polar surface area (TPSA) is 55.4 Å². The minimum absolute atomic E-state index is 0.200. The van der Waals surface area contributed by atoms with E-state index < -0.39 is 10.0 Å². The Bertz CT molecular complexity index is 726. The van der Waals surface area contributed by atoms with Crippen molar-refractivity contribution in [2.24, 2.45) is 0 Å². The van der Waals surface area contributed by atoms with Gasteiger partial charge in [-0.2, -0.15) is 0 Å². The molecule has 2 rings (SSSR count). The minimum atomic E-state index is -3.51. The van der Waals surface area contributed by atoms with E-state index in [9.17, 15) is 8.42 Å². The van der Waals surface area contributed by atoms with E-state index in [-0.39, 0.29) is 17.4 Å². The predicted octanol–water partition coefficient (Wildman–Crippen LogP) is 3.38. The molecule has 0 saturated heterocycles. The summed E-state index contributed by atoms with van der Waals surface area (Å²) in [5.74, 6) is 0.763. The van der Waals surface area contributed by atoms with Crippen molar-refractivity contribution in [2.45, 2.75) is 18.1 Å². The van der Waals surface area contributed by atoms with Crippen molar-refractivity contribution < 1.29 is 13.2 Å². The largest absolute Gasteiger partial charge is 0.492 e. The summed E-state index contributed by atoms with van der Waals surface area (Å²) in [7, 11) is -3.51. The van der Waals surface area contributed by atoms with Crippen molar-refractivity contribution in [3.8, 4) is 5.75 Å². The average molecular weight is 346 g/mol. The molecule has 1 aromatic carbocycles. The summed E-state index contributed by atoms with van der Waals surface area (Å²) in [6.07, 6.45) is 0. The van der Waals surface area contributed by atoms with Crippen LogP contribution >= 0.6 is 22.9 Å². The lowest BCUT2D eigenvalue weighted by Crippen LogP contribution is -2.27. The van der Waals surface area contributed by atoms with Crippen LogP contribution in [0.3, 0.4) is 0 Å². The molecule has 4 nitrogen and oxygen atoms in total. The standard InChI is InChI=1S/C14H16ClNO3S2/c1-10-3-4-12(11(2)9-10)19-8-7-16-21(17,18)14-6-5-13(15)20-14/h3-6,9,16H,7-8H2,1-2H3. The monoisotopic (exact) mass is 345 g/mol. The van der Waals surface area contributed by atoms with Gasteiger partial charge < -0.3 is 4.74 Å². The third-order valence-electron chi connectivity index (χ3n) is 2.80. The Hall–Kier alpha value is -1.08. The highest BCUT2D eigenvalue weighted by molar-refractivity contribution is 7.91. The summed E-state index contributed by atoms with van der Waals surface area (Å²) in [4.78, 5) is 0. The number of benzene rings is 1. The Labute approximate surface area is 133 Å². The third-order valence-corrected chi connectivity index (χ3v) is 5.98. The second-order valence-electron chi connectivity index (χ2n) is 4.57. The Kier molecular flexibility index (Phi) is 5.27. The van der Waals surface area contributed by atoms with Gasteiger partial charge in [0.2, 0.25) is 10.0 Å². The van der Waals surface area contributed by atoms with Crippen LogP contribution in [0.5, 0.6) is 5.75 Å². The van der Waals surface area contributed by atoms with Crippen molar-refractivity contribution in [3.05, 3.63) is 45.8 Å². The molecular formula is C14H16ClNO3S2. The van der Waals surface area contributed by atoms with Gasteiger partial charge in [0.15, 0.2) is 0 Å². The zero-order valence-electron chi connectivity index (χ0n) is 11.7. The number of halogens is 1.